The molecule has 1 aliphatic rings. The van der Waals surface area contributed by atoms with Crippen molar-refractivity contribution in [3.8, 4) is 79.4 Å². The Hall–Kier alpha value is -6.94. The maximum absolute atomic E-state index is 11.4. The highest BCUT2D eigenvalue weighted by molar-refractivity contribution is 6.39. The lowest BCUT2D eigenvalue weighted by atomic mass is 9.79. The largest absolute Gasteiger partial charge is 0.507 e. The van der Waals surface area contributed by atoms with Crippen molar-refractivity contribution in [2.45, 2.75) is 26.7 Å². The van der Waals surface area contributed by atoms with Crippen LogP contribution in [-0.4, -0.2) is 48.7 Å². The molecule has 0 unspecified atom stereocenters. The first kappa shape index (κ1) is 32.9. The van der Waals surface area contributed by atoms with E-state index in [0.29, 0.717) is 27.7 Å². The van der Waals surface area contributed by atoms with Crippen LogP contribution >= 0.6 is 0 Å². The van der Waals surface area contributed by atoms with Gasteiger partial charge >= 0.3 is 0 Å². The van der Waals surface area contributed by atoms with Gasteiger partial charge in [-0.2, -0.15) is 0 Å². The van der Waals surface area contributed by atoms with Gasteiger partial charge in [0.05, 0.1) is 16.2 Å². The summed E-state index contributed by atoms with van der Waals surface area (Å²) in [5, 5.41) is 88.5. The van der Waals surface area contributed by atoms with Crippen LogP contribution in [0.25, 0.3) is 82.9 Å². The van der Waals surface area contributed by atoms with Crippen LogP contribution in [0.4, 0.5) is 0 Å². The molecule has 0 saturated carbocycles. The van der Waals surface area contributed by atoms with Crippen molar-refractivity contribution in [2.24, 2.45) is 0 Å². The van der Waals surface area contributed by atoms with Crippen LogP contribution in [0.1, 0.15) is 28.7 Å². The average molecular weight is 715 g/mol. The van der Waals surface area contributed by atoms with E-state index in [2.05, 4.69) is 18.2 Å². The molecule has 9 rings (SSSR count). The molecule has 0 fully saturated rings. The Labute approximate surface area is 308 Å². The van der Waals surface area contributed by atoms with Crippen LogP contribution in [0, 0.1) is 13.8 Å². The molecule has 264 valence electrons. The van der Waals surface area contributed by atoms with Crippen molar-refractivity contribution >= 4 is 62.9 Å². The number of phenolic OH excluding ortho intramolecular Hbond substituents is 8. The molecular formula is C44H31BO9. The third-order valence-electron chi connectivity index (χ3n) is 11.0. The van der Waals surface area contributed by atoms with Gasteiger partial charge in [-0.15, -0.1) is 0 Å². The van der Waals surface area contributed by atoms with Gasteiger partial charge in [0, 0.05) is 10.9 Å². The normalized spacial score (nSPS) is 12.7. The number of hydrogen-bond donors (Lipinski definition) is 8. The first-order chi connectivity index (χ1) is 25.9. The van der Waals surface area contributed by atoms with E-state index in [9.17, 15) is 40.9 Å². The molecule has 1 heterocycles. The molecular weight excluding hydrogens is 683 g/mol. The number of phenols is 8. The molecule has 0 aliphatic heterocycles. The first-order valence-electron chi connectivity index (χ1n) is 17.3. The fourth-order valence-corrected chi connectivity index (χ4v) is 8.16. The van der Waals surface area contributed by atoms with Gasteiger partial charge in [-0.05, 0) is 105 Å². The molecule has 0 spiro atoms. The summed E-state index contributed by atoms with van der Waals surface area (Å²) in [6.45, 7) is 3.28. The second-order valence-electron chi connectivity index (χ2n) is 13.8. The maximum Gasteiger partial charge on any atom is 0.204 e. The fraction of sp³-hybridized carbons (Fsp3) is 0.0909. The second kappa shape index (κ2) is 11.5. The summed E-state index contributed by atoms with van der Waals surface area (Å²) >= 11 is 0. The van der Waals surface area contributed by atoms with Gasteiger partial charge in [-0.3, -0.25) is 0 Å². The summed E-state index contributed by atoms with van der Waals surface area (Å²) < 4.78 is 6.26. The van der Waals surface area contributed by atoms with E-state index in [1.165, 1.54) is 0 Å². The first-order valence-corrected chi connectivity index (χ1v) is 17.3. The molecule has 54 heavy (non-hydrogen) atoms. The molecule has 10 heteroatoms. The van der Waals surface area contributed by atoms with Crippen molar-refractivity contribution in [3.05, 3.63) is 95.1 Å². The zero-order chi connectivity index (χ0) is 37.9. The van der Waals surface area contributed by atoms with E-state index in [4.69, 9.17) is 12.3 Å². The minimum absolute atomic E-state index is 0.00806. The number of furan rings is 1. The van der Waals surface area contributed by atoms with E-state index >= 15 is 0 Å². The van der Waals surface area contributed by atoms with Crippen LogP contribution in [0.3, 0.4) is 0 Å². The number of benzene rings is 7. The molecule has 8 N–H and O–H groups in total. The molecule has 0 saturated heterocycles. The van der Waals surface area contributed by atoms with Gasteiger partial charge in [-0.1, -0.05) is 66.7 Å². The molecule has 2 radical (unpaired) electrons. The zero-order valence-electron chi connectivity index (χ0n) is 29.0. The smallest absolute Gasteiger partial charge is 0.204 e. The van der Waals surface area contributed by atoms with Crippen LogP contribution in [0.2, 0.25) is 0 Å². The number of allylic oxidation sites excluding steroid dienone is 1. The molecule has 1 aromatic heterocycles. The summed E-state index contributed by atoms with van der Waals surface area (Å²) in [6, 6.07) is 20.9. The monoisotopic (exact) mass is 714 g/mol. The number of rotatable bonds is 3. The highest BCUT2D eigenvalue weighted by Crippen LogP contribution is 2.54. The van der Waals surface area contributed by atoms with E-state index in [1.807, 2.05) is 42.5 Å². The number of aromatic hydroxyl groups is 8. The second-order valence-corrected chi connectivity index (χ2v) is 13.8. The summed E-state index contributed by atoms with van der Waals surface area (Å²) in [6.07, 6.45) is 5.80. The minimum Gasteiger partial charge on any atom is -0.507 e. The van der Waals surface area contributed by atoms with Crippen LogP contribution < -0.4 is 5.46 Å². The summed E-state index contributed by atoms with van der Waals surface area (Å²) in [7, 11) is 6.05. The summed E-state index contributed by atoms with van der Waals surface area (Å²) in [5.74, 6) is -4.57. The Kier molecular flexibility index (Phi) is 7.03. The Morgan fingerprint density at radius 1 is 0.537 bits per heavy atom. The van der Waals surface area contributed by atoms with Crippen molar-refractivity contribution < 1.29 is 45.3 Å². The van der Waals surface area contributed by atoms with Gasteiger partial charge in [0.15, 0.2) is 28.6 Å². The van der Waals surface area contributed by atoms with Crippen molar-refractivity contribution in [3.63, 3.8) is 0 Å². The average Bonchev–Trinajstić information content (AvgIpc) is 3.57. The van der Waals surface area contributed by atoms with Crippen LogP contribution in [-0.2, 0) is 6.42 Å². The molecule has 0 atom stereocenters. The molecule has 7 aromatic carbocycles. The zero-order valence-corrected chi connectivity index (χ0v) is 29.0. The van der Waals surface area contributed by atoms with Crippen molar-refractivity contribution in [1.82, 2.24) is 0 Å². The number of fused-ring (bicyclic) bond motifs is 7. The Balaban J connectivity index is 1.28. The highest BCUT2D eigenvalue weighted by Gasteiger charge is 2.28. The Morgan fingerprint density at radius 3 is 1.80 bits per heavy atom. The van der Waals surface area contributed by atoms with E-state index in [-0.39, 0.29) is 44.3 Å². The molecule has 0 amide bonds. The molecule has 9 nitrogen and oxygen atoms in total. The van der Waals surface area contributed by atoms with E-state index in [1.54, 1.807) is 32.0 Å². The Bertz CT molecular complexity index is 2960. The summed E-state index contributed by atoms with van der Waals surface area (Å²) in [4.78, 5) is 0. The highest BCUT2D eigenvalue weighted by atomic mass is 16.3. The molecule has 8 aromatic rings. The summed E-state index contributed by atoms with van der Waals surface area (Å²) in [5.41, 5.74) is 7.29. The molecule has 0 bridgehead atoms. The van der Waals surface area contributed by atoms with E-state index in [0.717, 1.165) is 57.0 Å². The van der Waals surface area contributed by atoms with Gasteiger partial charge in [0.25, 0.3) is 0 Å². The van der Waals surface area contributed by atoms with Crippen LogP contribution in [0.5, 0.6) is 46.0 Å². The number of hydrogen-bond acceptors (Lipinski definition) is 9. The lowest BCUT2D eigenvalue weighted by Crippen LogP contribution is -2.08. The topological polar surface area (TPSA) is 175 Å². The van der Waals surface area contributed by atoms with Crippen molar-refractivity contribution in [2.75, 3.05) is 0 Å². The SMILES string of the molecule is [B]c1c(O)c(O)c(O)c(O)c1-c1ccc(-c2c3c(c(-c4ccc5oc6c7c(O)c(C)c(C)c(O)c7c(O)c(O)c6c5c4)c4ccccc24)C=CCC3)cc1. The maximum atomic E-state index is 11.4. The lowest BCUT2D eigenvalue weighted by Gasteiger charge is -2.24. The third kappa shape index (κ3) is 4.34. The lowest BCUT2D eigenvalue weighted by molar-refractivity contribution is 0.348. The predicted molar refractivity (Wildman–Crippen MR) is 211 cm³/mol. The van der Waals surface area contributed by atoms with E-state index < -0.39 is 34.5 Å². The predicted octanol–water partition coefficient (Wildman–Crippen LogP) is 8.91. The van der Waals surface area contributed by atoms with Gasteiger partial charge in [0.1, 0.15) is 24.9 Å². The van der Waals surface area contributed by atoms with Gasteiger partial charge < -0.3 is 45.3 Å². The van der Waals surface area contributed by atoms with Crippen LogP contribution in [0.15, 0.2) is 77.2 Å². The van der Waals surface area contributed by atoms with Gasteiger partial charge in [0.2, 0.25) is 11.5 Å². The standard InChI is InChI=1S/C44H31BO9/c1-18-19(2)37(47)34-33(36(18)46)40(50)39(49)32-27-17-22(15-16-28(27)54-44(32)34)30-25-9-5-3-7-23(25)29(24-8-4-6-10-26(24)30)20-11-13-21(14-12-20)31-35(45)41(51)43(53)42(52)38(31)48/h3,5-7,9-17,46-53H,4,8H2,1-2H3. The fourth-order valence-electron chi connectivity index (χ4n) is 8.16. The Morgan fingerprint density at radius 2 is 1.11 bits per heavy atom. The van der Waals surface area contributed by atoms with Gasteiger partial charge in [-0.25, -0.2) is 0 Å². The van der Waals surface area contributed by atoms with Crippen molar-refractivity contribution in [1.29, 1.82) is 0 Å². The molecule has 1 aliphatic carbocycles. The minimum atomic E-state index is -0.898. The third-order valence-corrected chi connectivity index (χ3v) is 11.0. The quantitative estimate of drug-likeness (QED) is 0.0505.